The van der Waals surface area contributed by atoms with Gasteiger partial charge in [-0.05, 0) is 30.2 Å². The number of sulfonamides is 1. The molecule has 12 heteroatoms. The maximum atomic E-state index is 13.2. The number of nitrogens with one attached hydrogen (secondary N) is 2. The number of nitrogen functional groups attached to an aromatic ring is 1. The zero-order chi connectivity index (χ0) is 22.3. The van der Waals surface area contributed by atoms with Gasteiger partial charge in [0.25, 0.3) is 5.91 Å². The van der Waals surface area contributed by atoms with Gasteiger partial charge in [-0.15, -0.1) is 0 Å². The molecule has 1 aliphatic rings. The summed E-state index contributed by atoms with van der Waals surface area (Å²) in [4.78, 5) is 16.7. The molecule has 3 aromatic rings. The molecular formula is C19H22ClN7O3S. The van der Waals surface area contributed by atoms with Gasteiger partial charge in [-0.1, -0.05) is 11.6 Å². The Bertz CT molecular complexity index is 1270. The monoisotopic (exact) mass is 463 g/mol. The number of pyridine rings is 1. The summed E-state index contributed by atoms with van der Waals surface area (Å²) in [6, 6.07) is 3.08. The van der Waals surface area contributed by atoms with E-state index in [2.05, 4.69) is 20.5 Å². The molecule has 1 aliphatic heterocycles. The minimum atomic E-state index is -3.89. The first-order valence-corrected chi connectivity index (χ1v) is 11.4. The topological polar surface area (TPSA) is 139 Å². The minimum Gasteiger partial charge on any atom is -0.383 e. The summed E-state index contributed by atoms with van der Waals surface area (Å²) >= 11 is 6.34. The van der Waals surface area contributed by atoms with Gasteiger partial charge in [0.1, 0.15) is 21.6 Å². The first kappa shape index (κ1) is 21.3. The van der Waals surface area contributed by atoms with Crippen LogP contribution in [0.5, 0.6) is 0 Å². The summed E-state index contributed by atoms with van der Waals surface area (Å²) in [6.45, 7) is 2.53. The molecule has 4 heterocycles. The van der Waals surface area contributed by atoms with E-state index in [0.717, 1.165) is 22.4 Å². The van der Waals surface area contributed by atoms with Crippen LogP contribution in [0.1, 0.15) is 32.9 Å². The fourth-order valence-electron chi connectivity index (χ4n) is 3.54. The summed E-state index contributed by atoms with van der Waals surface area (Å²) < 4.78 is 29.2. The van der Waals surface area contributed by atoms with Crippen molar-refractivity contribution in [2.24, 2.45) is 7.05 Å². The van der Waals surface area contributed by atoms with Crippen molar-refractivity contribution in [3.8, 4) is 0 Å². The highest BCUT2D eigenvalue weighted by atomic mass is 35.5. The summed E-state index contributed by atoms with van der Waals surface area (Å²) in [6.07, 6.45) is 3.72. The minimum absolute atomic E-state index is 0.0209. The molecule has 4 rings (SSSR count). The second kappa shape index (κ2) is 7.98. The number of nitrogens with zero attached hydrogens (tertiary/aromatic N) is 4. The third kappa shape index (κ3) is 3.80. The zero-order valence-electron chi connectivity index (χ0n) is 17.0. The fraction of sp³-hybridized carbons (Fsp3) is 0.316. The number of H-pyrrole nitrogens is 1. The molecule has 0 saturated heterocycles. The highest BCUT2D eigenvalue weighted by Crippen LogP contribution is 2.30. The zero-order valence-corrected chi connectivity index (χ0v) is 18.6. The first-order valence-electron chi connectivity index (χ1n) is 9.54. The summed E-state index contributed by atoms with van der Waals surface area (Å²) in [5.74, 6) is -0.0549. The van der Waals surface area contributed by atoms with Crippen molar-refractivity contribution in [1.29, 1.82) is 0 Å². The normalized spacial score (nSPS) is 14.4. The lowest BCUT2D eigenvalue weighted by Gasteiger charge is -2.25. The molecule has 0 aliphatic carbocycles. The van der Waals surface area contributed by atoms with Crippen LogP contribution in [-0.4, -0.2) is 44.9 Å². The number of nitrogens with two attached hydrogens (primary N) is 1. The van der Waals surface area contributed by atoms with Gasteiger partial charge in [0.05, 0.1) is 6.20 Å². The van der Waals surface area contributed by atoms with Crippen molar-refractivity contribution < 1.29 is 13.2 Å². The smallest absolute Gasteiger partial charge is 0.268 e. The molecule has 0 unspecified atom stereocenters. The van der Waals surface area contributed by atoms with Gasteiger partial charge in [0, 0.05) is 50.6 Å². The molecule has 0 saturated carbocycles. The molecule has 10 nitrogen and oxygen atoms in total. The molecule has 0 spiro atoms. The van der Waals surface area contributed by atoms with E-state index in [0.29, 0.717) is 18.8 Å². The van der Waals surface area contributed by atoms with E-state index in [9.17, 15) is 13.2 Å². The Morgan fingerprint density at radius 2 is 2.19 bits per heavy atom. The SMILES string of the molecule is Cc1c(CNC(=O)c2cc(S(=O)(=O)N3CCc4[nH]ncc4C3)c(Cl)n2C)ccnc1N. The lowest BCUT2D eigenvalue weighted by atomic mass is 10.1. The summed E-state index contributed by atoms with van der Waals surface area (Å²) in [5.41, 5.74) is 9.30. The average Bonchev–Trinajstić information content (AvgIpc) is 3.33. The first-order chi connectivity index (χ1) is 14.7. The number of anilines is 1. The van der Waals surface area contributed by atoms with Crippen molar-refractivity contribution in [1.82, 2.24) is 29.4 Å². The molecule has 0 atom stereocenters. The van der Waals surface area contributed by atoms with Crippen LogP contribution < -0.4 is 11.1 Å². The Hall–Kier alpha value is -2.89. The quantitative estimate of drug-likeness (QED) is 0.522. The number of carbonyl (C=O) groups is 1. The predicted molar refractivity (Wildman–Crippen MR) is 115 cm³/mol. The van der Waals surface area contributed by atoms with Crippen molar-refractivity contribution in [3.63, 3.8) is 0 Å². The Morgan fingerprint density at radius 3 is 2.97 bits per heavy atom. The van der Waals surface area contributed by atoms with Crippen LogP contribution >= 0.6 is 11.6 Å². The Kier molecular flexibility index (Phi) is 5.50. The Balaban J connectivity index is 1.56. The van der Waals surface area contributed by atoms with Crippen molar-refractivity contribution in [2.45, 2.75) is 31.3 Å². The van der Waals surface area contributed by atoms with Crippen molar-refractivity contribution >= 4 is 33.3 Å². The van der Waals surface area contributed by atoms with Crippen LogP contribution in [0.15, 0.2) is 29.4 Å². The maximum Gasteiger partial charge on any atom is 0.268 e. The Morgan fingerprint density at radius 1 is 1.42 bits per heavy atom. The second-order valence-corrected chi connectivity index (χ2v) is 9.63. The molecule has 0 aromatic carbocycles. The van der Waals surface area contributed by atoms with Crippen LogP contribution in [0, 0.1) is 6.92 Å². The second-order valence-electron chi connectivity index (χ2n) is 7.37. The van der Waals surface area contributed by atoms with Gasteiger partial charge < -0.3 is 15.6 Å². The third-order valence-electron chi connectivity index (χ3n) is 5.54. The summed E-state index contributed by atoms with van der Waals surface area (Å²) in [7, 11) is -2.34. The number of rotatable bonds is 5. The Labute approximate surface area is 184 Å². The number of hydrogen-bond acceptors (Lipinski definition) is 6. The standard InChI is InChI=1S/C19H22ClN7O3S/c1-11-12(3-5-22-18(11)21)8-23-19(28)15-7-16(17(20)26(15)2)31(29,30)27-6-4-14-13(10-27)9-24-25-14/h3,5,7,9H,4,6,8,10H2,1-2H3,(H2,21,22)(H,23,28)(H,24,25). The number of halogens is 1. The maximum absolute atomic E-state index is 13.2. The molecule has 0 fully saturated rings. The molecule has 0 bridgehead atoms. The van der Waals surface area contributed by atoms with Crippen LogP contribution in [-0.2, 0) is 36.6 Å². The van der Waals surface area contributed by atoms with Crippen LogP contribution in [0.4, 0.5) is 5.82 Å². The highest BCUT2D eigenvalue weighted by molar-refractivity contribution is 7.89. The largest absolute Gasteiger partial charge is 0.383 e. The molecule has 0 radical (unpaired) electrons. The molecular weight excluding hydrogens is 442 g/mol. The van der Waals surface area contributed by atoms with Gasteiger partial charge in [0.2, 0.25) is 10.0 Å². The van der Waals surface area contributed by atoms with Gasteiger partial charge in [0.15, 0.2) is 0 Å². The number of carbonyl (C=O) groups excluding carboxylic acids is 1. The van der Waals surface area contributed by atoms with Crippen LogP contribution in [0.25, 0.3) is 0 Å². The fourth-order valence-corrected chi connectivity index (χ4v) is 5.51. The molecule has 3 aromatic heterocycles. The molecule has 4 N–H and O–H groups in total. The molecule has 164 valence electrons. The van der Waals surface area contributed by atoms with E-state index in [4.69, 9.17) is 17.3 Å². The molecule has 1 amide bonds. The number of amides is 1. The van der Waals surface area contributed by atoms with Gasteiger partial charge in [-0.25, -0.2) is 13.4 Å². The van der Waals surface area contributed by atoms with E-state index < -0.39 is 15.9 Å². The average molecular weight is 464 g/mol. The van der Waals surface area contributed by atoms with E-state index in [1.807, 2.05) is 6.92 Å². The van der Waals surface area contributed by atoms with E-state index in [1.165, 1.54) is 14.9 Å². The number of hydrogen-bond donors (Lipinski definition) is 3. The van der Waals surface area contributed by atoms with Crippen molar-refractivity contribution in [3.05, 3.63) is 57.8 Å². The van der Waals surface area contributed by atoms with Crippen molar-refractivity contribution in [2.75, 3.05) is 12.3 Å². The van der Waals surface area contributed by atoms with Gasteiger partial charge >= 0.3 is 0 Å². The highest BCUT2D eigenvalue weighted by Gasteiger charge is 2.33. The molecule has 31 heavy (non-hydrogen) atoms. The number of aromatic amines is 1. The third-order valence-corrected chi connectivity index (χ3v) is 7.97. The number of fused-ring (bicyclic) bond motifs is 1. The lowest BCUT2D eigenvalue weighted by molar-refractivity contribution is 0.0942. The van der Waals surface area contributed by atoms with Gasteiger partial charge in [-0.2, -0.15) is 9.40 Å². The van der Waals surface area contributed by atoms with E-state index in [-0.39, 0.29) is 28.8 Å². The van der Waals surface area contributed by atoms with Gasteiger partial charge in [-0.3, -0.25) is 9.89 Å². The van der Waals surface area contributed by atoms with Crippen LogP contribution in [0.3, 0.4) is 0 Å². The van der Waals surface area contributed by atoms with E-state index in [1.54, 1.807) is 25.5 Å². The summed E-state index contributed by atoms with van der Waals surface area (Å²) in [5, 5.41) is 9.61. The number of aromatic nitrogens is 4. The predicted octanol–water partition coefficient (Wildman–Crippen LogP) is 1.36. The lowest BCUT2D eigenvalue weighted by Crippen LogP contribution is -2.35. The van der Waals surface area contributed by atoms with Crippen LogP contribution in [0.2, 0.25) is 5.15 Å². The van der Waals surface area contributed by atoms with E-state index >= 15 is 0 Å².